The van der Waals surface area contributed by atoms with E-state index in [1.807, 2.05) is 6.92 Å². The van der Waals surface area contributed by atoms with E-state index in [0.717, 1.165) is 12.8 Å². The van der Waals surface area contributed by atoms with Crippen LogP contribution >= 0.6 is 0 Å². The molecule has 0 saturated heterocycles. The van der Waals surface area contributed by atoms with Gasteiger partial charge in [-0.25, -0.2) is 17.5 Å². The average Bonchev–Trinajstić information content (AvgIpc) is 3.73. The van der Waals surface area contributed by atoms with Gasteiger partial charge in [0.15, 0.2) is 18.2 Å². The second kappa shape index (κ2) is 14.9. The number of amides is 1. The predicted molar refractivity (Wildman–Crippen MR) is 175 cm³/mol. The zero-order chi connectivity index (χ0) is 34.3. The van der Waals surface area contributed by atoms with E-state index in [4.69, 9.17) is 23.7 Å². The van der Waals surface area contributed by atoms with Gasteiger partial charge in [0.2, 0.25) is 13.2 Å². The molecule has 1 N–H and O–H groups in total. The first kappa shape index (κ1) is 33.9. The third-order valence-corrected chi connectivity index (χ3v) is 9.29. The molecule has 1 amide bonds. The Morgan fingerprint density at radius 1 is 1.04 bits per heavy atom. The van der Waals surface area contributed by atoms with Gasteiger partial charge in [0, 0.05) is 47.4 Å². The fourth-order valence-corrected chi connectivity index (χ4v) is 6.19. The lowest BCUT2D eigenvalue weighted by atomic mass is 9.99. The van der Waals surface area contributed by atoms with Crippen molar-refractivity contribution < 1.29 is 46.8 Å². The van der Waals surface area contributed by atoms with Crippen LogP contribution in [-0.2, 0) is 32.6 Å². The minimum absolute atomic E-state index is 0.00760. The Kier molecular flexibility index (Phi) is 10.5. The Morgan fingerprint density at radius 2 is 1.79 bits per heavy atom. The first-order valence-corrected chi connectivity index (χ1v) is 16.4. The number of sulfonamides is 1. The van der Waals surface area contributed by atoms with E-state index in [1.54, 1.807) is 59.4 Å². The zero-order valence-electron chi connectivity index (χ0n) is 26.6. The molecule has 0 aliphatic carbocycles. The van der Waals surface area contributed by atoms with Crippen molar-refractivity contribution in [1.82, 2.24) is 14.1 Å². The minimum Gasteiger partial charge on any atom is -0.497 e. The van der Waals surface area contributed by atoms with Crippen LogP contribution in [0, 0.1) is 0 Å². The van der Waals surface area contributed by atoms with Gasteiger partial charge in [-0.1, -0.05) is 31.5 Å². The van der Waals surface area contributed by atoms with Gasteiger partial charge in [-0.05, 0) is 42.8 Å². The van der Waals surface area contributed by atoms with Crippen molar-refractivity contribution in [1.29, 1.82) is 0 Å². The smallest absolute Gasteiger partial charge is 0.331 e. The number of carboxylic acids is 1. The number of aryl methyl sites for hydroxylation is 1. The van der Waals surface area contributed by atoms with Gasteiger partial charge in [0.05, 0.1) is 31.0 Å². The molecule has 0 saturated carbocycles. The lowest BCUT2D eigenvalue weighted by molar-refractivity contribution is -0.132. The number of aliphatic carboxylic acids is 1. The first-order valence-electron chi connectivity index (χ1n) is 15.0. The van der Waals surface area contributed by atoms with Crippen molar-refractivity contribution in [2.24, 2.45) is 0 Å². The Morgan fingerprint density at radius 3 is 2.46 bits per heavy atom. The summed E-state index contributed by atoms with van der Waals surface area (Å²) in [5, 5.41) is 14.9. The van der Waals surface area contributed by atoms with E-state index in [9.17, 15) is 23.1 Å². The van der Waals surface area contributed by atoms with Gasteiger partial charge in [-0.2, -0.15) is 5.10 Å². The molecule has 0 fully saturated rings. The number of nitrogens with zero attached hydrogens (tertiary/aromatic N) is 3. The minimum atomic E-state index is -4.21. The topological polar surface area (TPSA) is 156 Å². The lowest BCUT2D eigenvalue weighted by Crippen LogP contribution is -2.33. The summed E-state index contributed by atoms with van der Waals surface area (Å²) in [4.78, 5) is 24.5. The number of benzene rings is 3. The number of ether oxygens (including phenoxy) is 5. The maximum atomic E-state index is 13.2. The fourth-order valence-electron chi connectivity index (χ4n) is 5.11. The largest absolute Gasteiger partial charge is 0.497 e. The molecule has 0 bridgehead atoms. The molecule has 3 aromatic carbocycles. The Labute approximate surface area is 277 Å². The molecule has 48 heavy (non-hydrogen) atoms. The van der Waals surface area contributed by atoms with Crippen LogP contribution in [0.2, 0.25) is 0 Å². The van der Waals surface area contributed by atoms with E-state index in [-0.39, 0.29) is 35.8 Å². The molecular formula is C34H35N3O10S. The molecule has 1 aromatic heterocycles. The molecule has 5 rings (SSSR count). The molecule has 0 unspecified atom stereocenters. The second-order valence-electron chi connectivity index (χ2n) is 10.6. The van der Waals surface area contributed by atoms with Crippen molar-refractivity contribution in [3.63, 3.8) is 0 Å². The number of rotatable bonds is 16. The summed E-state index contributed by atoms with van der Waals surface area (Å²) in [6.07, 6.45) is 4.92. The normalized spacial score (nSPS) is 12.4. The highest BCUT2D eigenvalue weighted by Crippen LogP contribution is 2.40. The summed E-state index contributed by atoms with van der Waals surface area (Å²) >= 11 is 0. The van der Waals surface area contributed by atoms with Gasteiger partial charge >= 0.3 is 5.97 Å². The number of fused-ring (bicyclic) bond motifs is 1. The number of aromatic nitrogens is 2. The molecule has 14 heteroatoms. The van der Waals surface area contributed by atoms with Gasteiger partial charge in [0.25, 0.3) is 10.0 Å². The number of carbonyl (C=O) groups is 2. The zero-order valence-corrected chi connectivity index (χ0v) is 27.4. The van der Waals surface area contributed by atoms with Crippen LogP contribution in [-0.4, -0.2) is 67.7 Å². The third-order valence-electron chi connectivity index (χ3n) is 7.61. The van der Waals surface area contributed by atoms with E-state index < -0.39 is 22.7 Å². The number of hydrogen-bond donors (Lipinski definition) is 1. The van der Waals surface area contributed by atoms with Crippen LogP contribution in [0.25, 0.3) is 17.3 Å². The molecule has 252 valence electrons. The Balaban J connectivity index is 1.56. The molecule has 2 heterocycles. The SMILES string of the molecule is CCCCn1ncc(/C=C(\Cc2cc3c(cc2OC)OCO3)C(=O)O)c1-c1ccc(OC)cc1OCN(C=O)S(=O)(=O)c1ccccc1. The monoisotopic (exact) mass is 677 g/mol. The van der Waals surface area contributed by atoms with Crippen LogP contribution in [0.15, 0.2) is 77.3 Å². The van der Waals surface area contributed by atoms with Crippen molar-refractivity contribution in [3.8, 4) is 40.0 Å². The summed E-state index contributed by atoms with van der Waals surface area (Å²) in [5.41, 5.74) is 2.10. The summed E-state index contributed by atoms with van der Waals surface area (Å²) < 4.78 is 56.5. The highest BCUT2D eigenvalue weighted by Gasteiger charge is 2.26. The number of carbonyl (C=O) groups excluding carboxylic acids is 1. The van der Waals surface area contributed by atoms with Crippen molar-refractivity contribution in [2.75, 3.05) is 27.7 Å². The van der Waals surface area contributed by atoms with Crippen LogP contribution in [0.3, 0.4) is 0 Å². The van der Waals surface area contributed by atoms with Crippen LogP contribution in [0.4, 0.5) is 0 Å². The molecular weight excluding hydrogens is 642 g/mol. The number of hydrogen-bond acceptors (Lipinski definition) is 10. The molecule has 4 aromatic rings. The number of unbranched alkanes of at least 4 members (excludes halogenated alkanes) is 1. The standard InChI is InChI=1S/C34H35N3O10S/c1-4-5-13-37-33(25(19-35-37)15-24(34(39)40)14-23-16-31-32(47-22-46-31)18-29(23)44-3)28-12-11-26(43-2)17-30(28)45-21-36(20-38)48(41,42)27-9-7-6-8-10-27/h6-12,15-20H,4-5,13-14,21-22H2,1-3H3,(H,39,40)/b24-15+. The maximum absolute atomic E-state index is 13.2. The molecule has 13 nitrogen and oxygen atoms in total. The average molecular weight is 678 g/mol. The predicted octanol–water partition coefficient (Wildman–Crippen LogP) is 4.99. The van der Waals surface area contributed by atoms with Gasteiger partial charge in [-0.15, -0.1) is 0 Å². The lowest BCUT2D eigenvalue weighted by Gasteiger charge is -2.20. The van der Waals surface area contributed by atoms with Gasteiger partial charge < -0.3 is 28.8 Å². The second-order valence-corrected chi connectivity index (χ2v) is 12.5. The number of carboxylic acid groups (broad SMARTS) is 1. The summed E-state index contributed by atoms with van der Waals surface area (Å²) in [6.45, 7) is 1.96. The van der Waals surface area contributed by atoms with Crippen molar-refractivity contribution in [2.45, 2.75) is 37.6 Å². The van der Waals surface area contributed by atoms with E-state index in [1.165, 1.54) is 32.4 Å². The molecule has 1 aliphatic rings. The fraction of sp³-hybridized carbons (Fsp3) is 0.265. The molecule has 0 atom stereocenters. The van der Waals surface area contributed by atoms with E-state index >= 15 is 0 Å². The molecule has 0 radical (unpaired) electrons. The Bertz CT molecular complexity index is 1920. The van der Waals surface area contributed by atoms with Crippen molar-refractivity contribution >= 4 is 28.5 Å². The van der Waals surface area contributed by atoms with Crippen LogP contribution in [0.1, 0.15) is 30.9 Å². The number of methoxy groups -OCH3 is 2. The van der Waals surface area contributed by atoms with Crippen LogP contribution in [0.5, 0.6) is 28.7 Å². The summed E-state index contributed by atoms with van der Waals surface area (Å²) in [7, 11) is -1.25. The first-order chi connectivity index (χ1) is 23.2. The Hall–Kier alpha value is -5.50. The van der Waals surface area contributed by atoms with E-state index in [0.29, 0.717) is 56.2 Å². The van der Waals surface area contributed by atoms with Crippen molar-refractivity contribution in [3.05, 3.63) is 83.6 Å². The maximum Gasteiger partial charge on any atom is 0.331 e. The highest BCUT2D eigenvalue weighted by atomic mass is 32.2. The highest BCUT2D eigenvalue weighted by molar-refractivity contribution is 7.89. The summed E-state index contributed by atoms with van der Waals surface area (Å²) in [6, 6.07) is 15.9. The van der Waals surface area contributed by atoms with E-state index in [2.05, 4.69) is 5.10 Å². The molecule has 0 spiro atoms. The quantitative estimate of drug-likeness (QED) is 0.0969. The van der Waals surface area contributed by atoms with Gasteiger partial charge in [0.1, 0.15) is 17.2 Å². The third kappa shape index (κ3) is 7.23. The van der Waals surface area contributed by atoms with Crippen LogP contribution < -0.4 is 23.7 Å². The summed E-state index contributed by atoms with van der Waals surface area (Å²) in [5.74, 6) is 0.888. The van der Waals surface area contributed by atoms with Gasteiger partial charge in [-0.3, -0.25) is 9.48 Å². The molecule has 1 aliphatic heterocycles.